The molecule has 33 heavy (non-hydrogen) atoms. The number of hydrogen-bond acceptors (Lipinski definition) is 3. The van der Waals surface area contributed by atoms with Crippen LogP contribution in [0.25, 0.3) is 0 Å². The molecule has 2 atom stereocenters. The van der Waals surface area contributed by atoms with Gasteiger partial charge in [0, 0.05) is 21.8 Å². The Labute approximate surface area is 200 Å². The molecular weight excluding hydrogens is 474 g/mol. The van der Waals surface area contributed by atoms with E-state index in [2.05, 4.69) is 10.3 Å². The van der Waals surface area contributed by atoms with Gasteiger partial charge in [-0.05, 0) is 61.8 Å². The van der Waals surface area contributed by atoms with Crippen molar-refractivity contribution in [2.75, 3.05) is 13.1 Å². The molecule has 4 rings (SSSR count). The zero-order chi connectivity index (χ0) is 23.6. The monoisotopic (exact) mass is 495 g/mol. The van der Waals surface area contributed by atoms with Crippen LogP contribution in [-0.2, 0) is 16.8 Å². The Morgan fingerprint density at radius 2 is 1.85 bits per heavy atom. The van der Waals surface area contributed by atoms with Gasteiger partial charge in [0.05, 0.1) is 18.3 Å². The van der Waals surface area contributed by atoms with E-state index in [0.29, 0.717) is 18.8 Å². The lowest BCUT2D eigenvalue weighted by molar-refractivity contribution is -0.190. The standard InChI is InChI=1S/C24H22Cl2F3N3O/c25-17-12-16(13-18(26)14-17)23(24(27,28)29)8-5-7-20(21(23)32-10-3-4-11-32)22(33)31-15-19-6-1-2-9-30-19/h1-2,5-9,12-14,21H,3-4,10-11,15H2,(H,31,33). The van der Waals surface area contributed by atoms with Crippen molar-refractivity contribution in [3.05, 3.63) is 87.7 Å². The maximum absolute atomic E-state index is 15.0. The minimum atomic E-state index is -4.72. The largest absolute Gasteiger partial charge is 0.403 e. The van der Waals surface area contributed by atoms with Gasteiger partial charge in [-0.15, -0.1) is 0 Å². The van der Waals surface area contributed by atoms with Gasteiger partial charge in [-0.25, -0.2) is 0 Å². The van der Waals surface area contributed by atoms with Gasteiger partial charge < -0.3 is 5.32 Å². The number of amides is 1. The third kappa shape index (κ3) is 4.67. The Morgan fingerprint density at radius 3 is 2.45 bits per heavy atom. The maximum Gasteiger partial charge on any atom is 0.403 e. The van der Waals surface area contributed by atoms with Gasteiger partial charge in [0.15, 0.2) is 0 Å². The van der Waals surface area contributed by atoms with Crippen LogP contribution in [0.5, 0.6) is 0 Å². The topological polar surface area (TPSA) is 45.2 Å². The molecule has 9 heteroatoms. The zero-order valence-corrected chi connectivity index (χ0v) is 19.1. The summed E-state index contributed by atoms with van der Waals surface area (Å²) in [6, 6.07) is 7.96. The summed E-state index contributed by atoms with van der Waals surface area (Å²) in [5, 5.41) is 2.94. The molecule has 2 aliphatic rings. The quantitative estimate of drug-likeness (QED) is 0.598. The van der Waals surface area contributed by atoms with E-state index in [0.717, 1.165) is 18.9 Å². The Kier molecular flexibility index (Phi) is 6.84. The fourth-order valence-electron chi connectivity index (χ4n) is 4.65. The Morgan fingerprint density at radius 1 is 1.15 bits per heavy atom. The fourth-order valence-corrected chi connectivity index (χ4v) is 5.18. The molecule has 0 saturated carbocycles. The van der Waals surface area contributed by atoms with Gasteiger partial charge in [-0.3, -0.25) is 14.7 Å². The molecule has 2 aromatic rings. The van der Waals surface area contributed by atoms with Gasteiger partial charge >= 0.3 is 6.18 Å². The molecule has 1 N–H and O–H groups in total. The van der Waals surface area contributed by atoms with Crippen LogP contribution in [-0.4, -0.2) is 41.1 Å². The van der Waals surface area contributed by atoms with Crippen molar-refractivity contribution in [1.82, 2.24) is 15.2 Å². The van der Waals surface area contributed by atoms with Gasteiger partial charge in [-0.2, -0.15) is 13.2 Å². The van der Waals surface area contributed by atoms with Crippen molar-refractivity contribution >= 4 is 29.1 Å². The van der Waals surface area contributed by atoms with Crippen LogP contribution in [0.15, 0.2) is 66.4 Å². The minimum absolute atomic E-state index is 0.0451. The van der Waals surface area contributed by atoms with Crippen molar-refractivity contribution < 1.29 is 18.0 Å². The highest BCUT2D eigenvalue weighted by molar-refractivity contribution is 6.34. The lowest BCUT2D eigenvalue weighted by Crippen LogP contribution is -2.60. The van der Waals surface area contributed by atoms with E-state index < -0.39 is 23.5 Å². The molecule has 1 aliphatic heterocycles. The number of likely N-dealkylation sites (tertiary alicyclic amines) is 1. The number of pyridine rings is 1. The molecule has 0 radical (unpaired) electrons. The first-order chi connectivity index (χ1) is 15.7. The first-order valence-corrected chi connectivity index (χ1v) is 11.3. The van der Waals surface area contributed by atoms with E-state index in [4.69, 9.17) is 23.2 Å². The van der Waals surface area contributed by atoms with Crippen LogP contribution in [0.2, 0.25) is 10.0 Å². The number of nitrogens with zero attached hydrogens (tertiary/aromatic N) is 2. The molecule has 1 amide bonds. The van der Waals surface area contributed by atoms with E-state index in [-0.39, 0.29) is 27.7 Å². The molecular formula is C24H22Cl2F3N3O. The molecule has 174 valence electrons. The summed E-state index contributed by atoms with van der Waals surface area (Å²) >= 11 is 12.2. The van der Waals surface area contributed by atoms with Crippen LogP contribution < -0.4 is 5.32 Å². The summed E-state index contributed by atoms with van der Waals surface area (Å²) < 4.78 is 45.0. The van der Waals surface area contributed by atoms with Crippen molar-refractivity contribution in [3.63, 3.8) is 0 Å². The number of hydrogen-bond donors (Lipinski definition) is 1. The molecule has 0 bridgehead atoms. The Hall–Kier alpha value is -2.35. The van der Waals surface area contributed by atoms with Crippen LogP contribution in [0.4, 0.5) is 13.2 Å². The SMILES string of the molecule is O=C(NCc1ccccn1)C1=CC=CC(c2cc(Cl)cc(Cl)c2)(C(F)(F)F)C1N1CCCC1. The third-order valence-electron chi connectivity index (χ3n) is 6.09. The summed E-state index contributed by atoms with van der Waals surface area (Å²) in [5.74, 6) is -0.566. The van der Waals surface area contributed by atoms with E-state index in [9.17, 15) is 4.79 Å². The average Bonchev–Trinajstić information content (AvgIpc) is 3.30. The van der Waals surface area contributed by atoms with Crippen molar-refractivity contribution in [2.45, 2.75) is 37.0 Å². The molecule has 1 saturated heterocycles. The van der Waals surface area contributed by atoms with Crippen molar-refractivity contribution in [1.29, 1.82) is 0 Å². The minimum Gasteiger partial charge on any atom is -0.347 e. The summed E-state index contributed by atoms with van der Waals surface area (Å²) in [4.78, 5) is 19.1. The molecule has 2 heterocycles. The molecule has 0 spiro atoms. The second-order valence-electron chi connectivity index (χ2n) is 8.16. The number of carbonyl (C=O) groups excluding carboxylic acids is 1. The van der Waals surface area contributed by atoms with Crippen LogP contribution in [0.1, 0.15) is 24.1 Å². The molecule has 1 aromatic carbocycles. The predicted molar refractivity (Wildman–Crippen MR) is 122 cm³/mol. The lowest BCUT2D eigenvalue weighted by Gasteiger charge is -2.46. The van der Waals surface area contributed by atoms with Crippen molar-refractivity contribution in [3.8, 4) is 0 Å². The van der Waals surface area contributed by atoms with E-state index in [1.165, 1.54) is 30.4 Å². The fraction of sp³-hybridized carbons (Fsp3) is 0.333. The van der Waals surface area contributed by atoms with E-state index in [1.54, 1.807) is 29.3 Å². The first-order valence-electron chi connectivity index (χ1n) is 10.6. The number of allylic oxidation sites excluding steroid dienone is 2. The van der Waals surface area contributed by atoms with E-state index in [1.807, 2.05) is 0 Å². The Bertz CT molecular complexity index is 1060. The van der Waals surface area contributed by atoms with E-state index >= 15 is 13.2 Å². The molecule has 1 aliphatic carbocycles. The van der Waals surface area contributed by atoms with Crippen LogP contribution in [0.3, 0.4) is 0 Å². The highest BCUT2D eigenvalue weighted by Crippen LogP contribution is 2.51. The zero-order valence-electron chi connectivity index (χ0n) is 17.6. The van der Waals surface area contributed by atoms with Gasteiger partial charge in [0.25, 0.3) is 0 Å². The van der Waals surface area contributed by atoms with Gasteiger partial charge in [-0.1, -0.05) is 47.5 Å². The van der Waals surface area contributed by atoms with Gasteiger partial charge in [0.2, 0.25) is 5.91 Å². The number of alkyl halides is 3. The summed E-state index contributed by atoms with van der Waals surface area (Å²) in [7, 11) is 0. The van der Waals surface area contributed by atoms with Crippen LogP contribution in [0, 0.1) is 0 Å². The second kappa shape index (κ2) is 9.49. The predicted octanol–water partition coefficient (Wildman–Crippen LogP) is 5.47. The van der Waals surface area contributed by atoms with Gasteiger partial charge in [0.1, 0.15) is 5.41 Å². The summed E-state index contributed by atoms with van der Waals surface area (Å²) in [5.41, 5.74) is -1.93. The third-order valence-corrected chi connectivity index (χ3v) is 6.53. The number of carbonyl (C=O) groups is 1. The van der Waals surface area contributed by atoms with Crippen molar-refractivity contribution in [2.24, 2.45) is 0 Å². The summed E-state index contributed by atoms with van der Waals surface area (Å²) in [6.45, 7) is 1.01. The number of nitrogens with one attached hydrogen (secondary N) is 1. The molecule has 1 fully saturated rings. The number of aromatic nitrogens is 1. The van der Waals surface area contributed by atoms with Crippen LogP contribution >= 0.6 is 23.2 Å². The number of rotatable bonds is 5. The highest BCUT2D eigenvalue weighted by atomic mass is 35.5. The number of halogens is 5. The lowest BCUT2D eigenvalue weighted by atomic mass is 9.67. The maximum atomic E-state index is 15.0. The Balaban J connectivity index is 1.78. The molecule has 2 unspecified atom stereocenters. The first kappa shape index (κ1) is 23.8. The summed E-state index contributed by atoms with van der Waals surface area (Å²) in [6.07, 6.45) is 2.27. The normalized spacial score (nSPS) is 23.4. The average molecular weight is 496 g/mol. The number of benzene rings is 1. The second-order valence-corrected chi connectivity index (χ2v) is 9.03. The molecule has 1 aromatic heterocycles. The highest BCUT2D eigenvalue weighted by Gasteiger charge is 2.62. The molecule has 4 nitrogen and oxygen atoms in total. The smallest absolute Gasteiger partial charge is 0.347 e.